The number of allylic oxidation sites excluding steroid dienone is 14. The Balaban J connectivity index is 3.99. The summed E-state index contributed by atoms with van der Waals surface area (Å²) in [7, 11) is -4.78. The highest BCUT2D eigenvalue weighted by Crippen LogP contribution is 2.36. The predicted molar refractivity (Wildman–Crippen MR) is 243 cm³/mol. The van der Waals surface area contributed by atoms with E-state index in [2.05, 4.69) is 91.3 Å². The summed E-state index contributed by atoms with van der Waals surface area (Å²) < 4.78 is 26.4. The van der Waals surface area contributed by atoms with E-state index in [1.54, 1.807) is 0 Å². The normalized spacial score (nSPS) is 13.2. The lowest BCUT2D eigenvalue weighted by Gasteiger charge is -2.18. The van der Waals surface area contributed by atoms with Crippen LogP contribution in [-0.4, -0.2) is 41.0 Å². The second kappa shape index (κ2) is 43.8. The van der Waals surface area contributed by atoms with Crippen LogP contribution < -0.4 is 0 Å². The number of carbonyl (C=O) groups is 2. The number of phosphoric ester groups is 1. The highest BCUT2D eigenvalue weighted by Gasteiger charge is 2.22. The molecule has 0 aromatic carbocycles. The largest absolute Gasteiger partial charge is 0.469 e. The maximum absolute atomic E-state index is 12.4. The minimum Gasteiger partial charge on any atom is -0.462 e. The van der Waals surface area contributed by atoms with Crippen LogP contribution in [0.4, 0.5) is 0 Å². The zero-order valence-corrected chi connectivity index (χ0v) is 37.6. The second-order valence-corrected chi connectivity index (χ2v) is 16.2. The summed E-state index contributed by atoms with van der Waals surface area (Å²) >= 11 is 0. The van der Waals surface area contributed by atoms with Crippen LogP contribution in [0.25, 0.3) is 0 Å². The quantitative estimate of drug-likeness (QED) is 0.0271. The first kappa shape index (κ1) is 55.2. The van der Waals surface area contributed by atoms with E-state index in [0.29, 0.717) is 12.8 Å². The van der Waals surface area contributed by atoms with Gasteiger partial charge in [-0.15, -0.1) is 0 Å². The summed E-state index contributed by atoms with van der Waals surface area (Å²) in [6, 6.07) is 0. The van der Waals surface area contributed by atoms with E-state index in [1.807, 2.05) is 12.2 Å². The van der Waals surface area contributed by atoms with Gasteiger partial charge in [-0.05, 0) is 77.0 Å². The first-order valence-corrected chi connectivity index (χ1v) is 24.4. The first-order valence-electron chi connectivity index (χ1n) is 22.9. The van der Waals surface area contributed by atoms with E-state index in [4.69, 9.17) is 19.3 Å². The Labute approximate surface area is 354 Å². The van der Waals surface area contributed by atoms with Crippen molar-refractivity contribution in [2.75, 3.05) is 13.2 Å². The van der Waals surface area contributed by atoms with Crippen LogP contribution in [0.15, 0.2) is 85.1 Å². The zero-order valence-electron chi connectivity index (χ0n) is 36.7. The third kappa shape index (κ3) is 45.9. The van der Waals surface area contributed by atoms with E-state index in [0.717, 1.165) is 57.8 Å². The molecular formula is C49H83O8P. The van der Waals surface area contributed by atoms with E-state index < -0.39 is 32.5 Å². The summed E-state index contributed by atoms with van der Waals surface area (Å²) in [5.41, 5.74) is 0. The molecule has 0 saturated carbocycles. The van der Waals surface area contributed by atoms with Crippen molar-refractivity contribution in [3.05, 3.63) is 85.1 Å². The highest BCUT2D eigenvalue weighted by molar-refractivity contribution is 7.46. The average molecular weight is 831 g/mol. The fraction of sp³-hybridized carbons (Fsp3) is 0.673. The van der Waals surface area contributed by atoms with Gasteiger partial charge >= 0.3 is 19.8 Å². The third-order valence-corrected chi connectivity index (χ3v) is 9.90. The minimum atomic E-state index is -4.78. The van der Waals surface area contributed by atoms with Gasteiger partial charge in [0, 0.05) is 12.8 Å². The van der Waals surface area contributed by atoms with E-state index in [1.165, 1.54) is 96.3 Å². The standard InChI is InChI=1S/C49H83O8P/c1-3-5-7-9-11-13-15-17-19-21-23-24-26-27-29-31-33-35-37-39-41-43-48(50)55-45-47(46-56-58(52,53)54)57-49(51)44-42-40-38-36-34-32-30-28-25-22-20-18-16-14-12-10-8-6-4-2/h6,8,12,14,17-20,25,28,32,34,38,40,47H,3-5,7,9-11,13,15-16,21-24,26-27,29-31,33,35-37,39,41-46H2,1-2H3,(H2,52,53,54)/b8-6-,14-12-,19-17-,20-18-,28-25-,34-32-,40-38-/t47-/m1/s1. The molecule has 0 heterocycles. The maximum Gasteiger partial charge on any atom is 0.469 e. The van der Waals surface area contributed by atoms with Crippen LogP contribution in [0, 0.1) is 0 Å². The van der Waals surface area contributed by atoms with Gasteiger partial charge in [0.1, 0.15) is 6.61 Å². The van der Waals surface area contributed by atoms with Crippen molar-refractivity contribution < 1.29 is 37.9 Å². The van der Waals surface area contributed by atoms with Gasteiger partial charge in [0.05, 0.1) is 6.61 Å². The number of phosphoric acid groups is 1. The van der Waals surface area contributed by atoms with E-state index in [9.17, 15) is 14.2 Å². The number of hydrogen-bond donors (Lipinski definition) is 2. The van der Waals surface area contributed by atoms with Gasteiger partial charge in [-0.3, -0.25) is 14.1 Å². The Morgan fingerprint density at radius 3 is 1.31 bits per heavy atom. The zero-order chi connectivity index (χ0) is 42.5. The van der Waals surface area contributed by atoms with Crippen molar-refractivity contribution in [2.45, 2.75) is 200 Å². The molecule has 0 saturated heterocycles. The number of ether oxygens (including phenoxy) is 2. The van der Waals surface area contributed by atoms with Crippen molar-refractivity contribution in [2.24, 2.45) is 0 Å². The molecule has 0 bridgehead atoms. The Morgan fingerprint density at radius 1 is 0.466 bits per heavy atom. The Morgan fingerprint density at radius 2 is 0.862 bits per heavy atom. The number of esters is 2. The highest BCUT2D eigenvalue weighted by atomic mass is 31.2. The van der Waals surface area contributed by atoms with Crippen LogP contribution >= 0.6 is 7.82 Å². The molecule has 0 aliphatic rings. The third-order valence-electron chi connectivity index (χ3n) is 9.41. The van der Waals surface area contributed by atoms with Gasteiger partial charge in [-0.2, -0.15) is 0 Å². The van der Waals surface area contributed by atoms with Gasteiger partial charge in [0.15, 0.2) is 6.10 Å². The Hall–Kier alpha value is -2.77. The second-order valence-electron chi connectivity index (χ2n) is 15.0. The molecule has 2 N–H and O–H groups in total. The SMILES string of the molecule is CC/C=C\C/C=C\C/C=C\C/C=C\C/C=C\C/C=C\CCC(=O)O[C@H](COC(=O)CCCCCCCCCCCCC/C=C\CCCCCCCC)COP(=O)(O)O. The fourth-order valence-corrected chi connectivity index (χ4v) is 6.40. The number of carbonyl (C=O) groups excluding carboxylic acids is 2. The minimum absolute atomic E-state index is 0.0831. The smallest absolute Gasteiger partial charge is 0.462 e. The van der Waals surface area contributed by atoms with Crippen LogP contribution in [0.1, 0.15) is 194 Å². The molecular weight excluding hydrogens is 748 g/mol. The summed E-state index contributed by atoms with van der Waals surface area (Å²) in [5.74, 6) is -0.986. The average Bonchev–Trinajstić information content (AvgIpc) is 3.20. The van der Waals surface area contributed by atoms with Crippen molar-refractivity contribution in [3.63, 3.8) is 0 Å². The Kier molecular flexibility index (Phi) is 41.7. The maximum atomic E-state index is 12.4. The molecule has 0 aromatic heterocycles. The van der Waals surface area contributed by atoms with Crippen molar-refractivity contribution in [1.29, 1.82) is 0 Å². The van der Waals surface area contributed by atoms with Gasteiger partial charge < -0.3 is 19.3 Å². The molecule has 8 nitrogen and oxygen atoms in total. The molecule has 0 fully saturated rings. The fourth-order valence-electron chi connectivity index (χ4n) is 6.04. The summed E-state index contributed by atoms with van der Waals surface area (Å²) in [6.07, 6.45) is 58.9. The van der Waals surface area contributed by atoms with E-state index >= 15 is 0 Å². The molecule has 0 aromatic rings. The molecule has 0 amide bonds. The molecule has 1 atom stereocenters. The van der Waals surface area contributed by atoms with Crippen LogP contribution in [0.5, 0.6) is 0 Å². The number of rotatable bonds is 41. The van der Waals surface area contributed by atoms with Gasteiger partial charge in [-0.1, -0.05) is 189 Å². The van der Waals surface area contributed by atoms with Crippen LogP contribution in [0.3, 0.4) is 0 Å². The van der Waals surface area contributed by atoms with Crippen LogP contribution in [-0.2, 0) is 28.2 Å². The van der Waals surface area contributed by atoms with Gasteiger partial charge in [0.2, 0.25) is 0 Å². The molecule has 58 heavy (non-hydrogen) atoms. The van der Waals surface area contributed by atoms with Crippen molar-refractivity contribution in [1.82, 2.24) is 0 Å². The summed E-state index contributed by atoms with van der Waals surface area (Å²) in [6.45, 7) is 3.51. The molecule has 0 spiro atoms. The van der Waals surface area contributed by atoms with Crippen molar-refractivity contribution in [3.8, 4) is 0 Å². The lowest BCUT2D eigenvalue weighted by atomic mass is 10.0. The monoisotopic (exact) mass is 831 g/mol. The molecule has 9 heteroatoms. The number of unbranched alkanes of at least 4 members (excludes halogenated alkanes) is 17. The van der Waals surface area contributed by atoms with Crippen molar-refractivity contribution >= 4 is 19.8 Å². The molecule has 332 valence electrons. The molecule has 0 radical (unpaired) electrons. The van der Waals surface area contributed by atoms with Gasteiger partial charge in [-0.25, -0.2) is 4.57 Å². The molecule has 0 aliphatic heterocycles. The lowest BCUT2D eigenvalue weighted by Crippen LogP contribution is -2.29. The predicted octanol–water partition coefficient (Wildman–Crippen LogP) is 14.4. The van der Waals surface area contributed by atoms with Gasteiger partial charge in [0.25, 0.3) is 0 Å². The number of hydrogen-bond acceptors (Lipinski definition) is 6. The molecule has 0 aliphatic carbocycles. The van der Waals surface area contributed by atoms with E-state index in [-0.39, 0.29) is 19.4 Å². The lowest BCUT2D eigenvalue weighted by molar-refractivity contribution is -0.161. The first-order chi connectivity index (χ1) is 28.3. The van der Waals surface area contributed by atoms with Crippen LogP contribution in [0.2, 0.25) is 0 Å². The Bertz CT molecular complexity index is 1210. The molecule has 0 rings (SSSR count). The summed E-state index contributed by atoms with van der Waals surface area (Å²) in [5, 5.41) is 0. The topological polar surface area (TPSA) is 119 Å². The molecule has 0 unspecified atom stereocenters. The summed E-state index contributed by atoms with van der Waals surface area (Å²) in [4.78, 5) is 42.9.